The van der Waals surface area contributed by atoms with E-state index >= 15 is 0 Å². The van der Waals surface area contributed by atoms with Crippen molar-refractivity contribution in [3.8, 4) is 0 Å². The molecule has 1 rings (SSSR count). The van der Waals surface area contributed by atoms with Crippen molar-refractivity contribution in [2.75, 3.05) is 45.7 Å². The number of carbonyl (C=O) groups is 1. The third-order valence-corrected chi connectivity index (χ3v) is 2.26. The maximum absolute atomic E-state index is 10.9. The van der Waals surface area contributed by atoms with E-state index in [2.05, 4.69) is 10.3 Å². The predicted molar refractivity (Wildman–Crippen MR) is 69.1 cm³/mol. The summed E-state index contributed by atoms with van der Waals surface area (Å²) in [6.45, 7) is 2.57. The number of nitrogens with one attached hydrogen (secondary N) is 1. The van der Waals surface area contributed by atoms with Gasteiger partial charge in [0, 0.05) is 19.3 Å². The van der Waals surface area contributed by atoms with Crippen molar-refractivity contribution in [2.24, 2.45) is 0 Å². The average Bonchev–Trinajstić information content (AvgIpc) is 2.33. The van der Waals surface area contributed by atoms with Gasteiger partial charge in [-0.05, 0) is 26.2 Å². The molecule has 1 heterocycles. The number of nitrogens with zero attached hydrogens (tertiary/aromatic N) is 2. The molecule has 6 nitrogen and oxygen atoms in total. The van der Waals surface area contributed by atoms with E-state index in [0.717, 1.165) is 6.54 Å². The van der Waals surface area contributed by atoms with E-state index in [1.165, 1.54) is 6.07 Å². The molecule has 0 saturated carbocycles. The first-order valence-corrected chi connectivity index (χ1v) is 5.76. The molecule has 0 aliphatic heterocycles. The van der Waals surface area contributed by atoms with Crippen molar-refractivity contribution in [1.29, 1.82) is 0 Å². The molecule has 0 fully saturated rings. The summed E-state index contributed by atoms with van der Waals surface area (Å²) in [7, 11) is 3.96. The monoisotopic (exact) mass is 253 g/mol. The molecular formula is C12H19N3O3. The zero-order valence-corrected chi connectivity index (χ0v) is 10.7. The highest BCUT2D eigenvalue weighted by Gasteiger charge is 2.09. The molecule has 0 radical (unpaired) electrons. The van der Waals surface area contributed by atoms with Gasteiger partial charge in [0.05, 0.1) is 13.2 Å². The van der Waals surface area contributed by atoms with Gasteiger partial charge in [-0.1, -0.05) is 0 Å². The number of hydrogen-bond donors (Lipinski definition) is 2. The van der Waals surface area contributed by atoms with E-state index in [1.54, 1.807) is 12.3 Å². The fourth-order valence-electron chi connectivity index (χ4n) is 1.31. The summed E-state index contributed by atoms with van der Waals surface area (Å²) in [4.78, 5) is 16.9. The molecule has 1 aromatic rings. The first-order chi connectivity index (χ1) is 8.61. The molecule has 0 spiro atoms. The molecule has 0 aliphatic carbocycles. The maximum Gasteiger partial charge on any atom is 0.339 e. The molecule has 0 aliphatic rings. The molecule has 0 unspecified atom stereocenters. The van der Waals surface area contributed by atoms with Gasteiger partial charge in [0.2, 0.25) is 0 Å². The Morgan fingerprint density at radius 3 is 2.94 bits per heavy atom. The van der Waals surface area contributed by atoms with Crippen molar-refractivity contribution in [3.05, 3.63) is 23.9 Å². The van der Waals surface area contributed by atoms with E-state index in [4.69, 9.17) is 9.84 Å². The lowest BCUT2D eigenvalue weighted by Gasteiger charge is -2.11. The number of pyridine rings is 1. The zero-order chi connectivity index (χ0) is 13.4. The lowest BCUT2D eigenvalue weighted by Crippen LogP contribution is -2.20. The Balaban J connectivity index is 2.29. The molecule has 1 aromatic heterocycles. The van der Waals surface area contributed by atoms with Crippen LogP contribution in [0.4, 0.5) is 5.82 Å². The standard InChI is InChI=1S/C12H19N3O3/c1-15(2)7-9-18-8-6-14-11-10(12(16)17)4-3-5-13-11/h3-5H,6-9H2,1-2H3,(H,13,14)(H,16,17). The molecule has 0 atom stereocenters. The largest absolute Gasteiger partial charge is 0.478 e. The van der Waals surface area contributed by atoms with Crippen molar-refractivity contribution < 1.29 is 14.6 Å². The van der Waals surface area contributed by atoms with Gasteiger partial charge in [0.1, 0.15) is 11.4 Å². The topological polar surface area (TPSA) is 74.7 Å². The number of ether oxygens (including phenoxy) is 1. The first-order valence-electron chi connectivity index (χ1n) is 5.76. The van der Waals surface area contributed by atoms with Crippen LogP contribution in [0.1, 0.15) is 10.4 Å². The Kier molecular flexibility index (Phi) is 6.10. The van der Waals surface area contributed by atoms with Gasteiger partial charge in [-0.25, -0.2) is 9.78 Å². The number of aromatic nitrogens is 1. The minimum Gasteiger partial charge on any atom is -0.478 e. The van der Waals surface area contributed by atoms with Crippen LogP contribution in [0.2, 0.25) is 0 Å². The molecule has 0 saturated heterocycles. The second kappa shape index (κ2) is 7.62. The van der Waals surface area contributed by atoms with Crippen LogP contribution in [-0.2, 0) is 4.74 Å². The Morgan fingerprint density at radius 1 is 1.50 bits per heavy atom. The van der Waals surface area contributed by atoms with Crippen molar-refractivity contribution in [2.45, 2.75) is 0 Å². The predicted octanol–water partition coefficient (Wildman–Crippen LogP) is 0.770. The minimum atomic E-state index is -0.987. The highest BCUT2D eigenvalue weighted by atomic mass is 16.5. The molecule has 0 aromatic carbocycles. The van der Waals surface area contributed by atoms with E-state index < -0.39 is 5.97 Å². The third kappa shape index (κ3) is 5.11. The number of likely N-dealkylation sites (N-methyl/N-ethyl adjacent to an activating group) is 1. The Bertz CT molecular complexity index is 383. The number of aromatic carboxylic acids is 1. The van der Waals surface area contributed by atoms with Crippen LogP contribution in [0.5, 0.6) is 0 Å². The van der Waals surface area contributed by atoms with Gasteiger partial charge in [-0.15, -0.1) is 0 Å². The summed E-state index contributed by atoms with van der Waals surface area (Å²) >= 11 is 0. The van der Waals surface area contributed by atoms with Crippen LogP contribution in [0, 0.1) is 0 Å². The summed E-state index contributed by atoms with van der Waals surface area (Å²) in [5.74, 6) is -0.611. The quantitative estimate of drug-likeness (QED) is 0.667. The van der Waals surface area contributed by atoms with Crippen LogP contribution >= 0.6 is 0 Å². The van der Waals surface area contributed by atoms with Crippen molar-refractivity contribution >= 4 is 11.8 Å². The molecular weight excluding hydrogens is 234 g/mol. The molecule has 18 heavy (non-hydrogen) atoms. The van der Waals surface area contributed by atoms with Gasteiger partial charge >= 0.3 is 5.97 Å². The third-order valence-electron chi connectivity index (χ3n) is 2.26. The average molecular weight is 253 g/mol. The van der Waals surface area contributed by atoms with E-state index in [0.29, 0.717) is 25.6 Å². The SMILES string of the molecule is CN(C)CCOCCNc1ncccc1C(=O)O. The van der Waals surface area contributed by atoms with Crippen molar-refractivity contribution in [3.63, 3.8) is 0 Å². The normalized spacial score (nSPS) is 10.6. The first kappa shape index (κ1) is 14.4. The molecule has 2 N–H and O–H groups in total. The Hall–Kier alpha value is -1.66. The fourth-order valence-corrected chi connectivity index (χ4v) is 1.31. The van der Waals surface area contributed by atoms with Crippen molar-refractivity contribution in [1.82, 2.24) is 9.88 Å². The highest BCUT2D eigenvalue weighted by molar-refractivity contribution is 5.92. The van der Waals surface area contributed by atoms with Crippen LogP contribution in [0.15, 0.2) is 18.3 Å². The number of anilines is 1. The summed E-state index contributed by atoms with van der Waals surface area (Å²) in [6.07, 6.45) is 1.56. The second-order valence-corrected chi connectivity index (χ2v) is 4.05. The van der Waals surface area contributed by atoms with Gasteiger partial charge < -0.3 is 20.1 Å². The molecule has 6 heteroatoms. The number of carboxylic acids is 1. The lowest BCUT2D eigenvalue weighted by atomic mass is 10.2. The number of hydrogen-bond acceptors (Lipinski definition) is 5. The van der Waals surface area contributed by atoms with Crippen LogP contribution in [0.25, 0.3) is 0 Å². The van der Waals surface area contributed by atoms with Gasteiger partial charge in [0.25, 0.3) is 0 Å². The van der Waals surface area contributed by atoms with E-state index in [9.17, 15) is 4.79 Å². The van der Waals surface area contributed by atoms with Crippen LogP contribution < -0.4 is 5.32 Å². The summed E-state index contributed by atoms with van der Waals surface area (Å²) in [6, 6.07) is 3.12. The molecule has 0 bridgehead atoms. The number of rotatable bonds is 8. The second-order valence-electron chi connectivity index (χ2n) is 4.05. The molecule has 100 valence electrons. The van der Waals surface area contributed by atoms with Crippen LogP contribution in [0.3, 0.4) is 0 Å². The number of carboxylic acid groups (broad SMARTS) is 1. The Morgan fingerprint density at radius 2 is 2.28 bits per heavy atom. The fraction of sp³-hybridized carbons (Fsp3) is 0.500. The Labute approximate surface area is 107 Å². The lowest BCUT2D eigenvalue weighted by molar-refractivity contribution is 0.0697. The summed E-state index contributed by atoms with van der Waals surface area (Å²) in [5, 5.41) is 11.9. The van der Waals surface area contributed by atoms with E-state index in [-0.39, 0.29) is 5.56 Å². The maximum atomic E-state index is 10.9. The van der Waals surface area contributed by atoms with Gasteiger partial charge in [-0.2, -0.15) is 0 Å². The summed E-state index contributed by atoms with van der Waals surface area (Å²) < 4.78 is 5.39. The zero-order valence-electron chi connectivity index (χ0n) is 10.7. The minimum absolute atomic E-state index is 0.172. The van der Waals surface area contributed by atoms with Gasteiger partial charge in [0.15, 0.2) is 0 Å². The summed E-state index contributed by atoms with van der Waals surface area (Å²) in [5.41, 5.74) is 0.172. The van der Waals surface area contributed by atoms with E-state index in [1.807, 2.05) is 19.0 Å². The van der Waals surface area contributed by atoms with Gasteiger partial charge in [-0.3, -0.25) is 0 Å². The smallest absolute Gasteiger partial charge is 0.339 e. The molecule has 0 amide bonds. The highest BCUT2D eigenvalue weighted by Crippen LogP contribution is 2.10. The van der Waals surface area contributed by atoms with Crippen LogP contribution in [-0.4, -0.2) is 61.4 Å².